The molecule has 2 rings (SSSR count). The fraction of sp³-hybridized carbons (Fsp3) is 0.250. The smallest absolute Gasteiger partial charge is 0.323 e. The van der Waals surface area contributed by atoms with Crippen molar-refractivity contribution in [1.82, 2.24) is 15.0 Å². The van der Waals surface area contributed by atoms with Crippen LogP contribution >= 0.6 is 11.8 Å². The van der Waals surface area contributed by atoms with Crippen molar-refractivity contribution in [3.8, 4) is 6.01 Å². The van der Waals surface area contributed by atoms with Crippen molar-refractivity contribution in [2.75, 3.05) is 23.9 Å². The Morgan fingerprint density at radius 2 is 1.95 bits per heavy atom. The second-order valence-electron chi connectivity index (χ2n) is 3.59. The number of thioether (sulfide) groups is 1. The van der Waals surface area contributed by atoms with E-state index < -0.39 is 0 Å². The van der Waals surface area contributed by atoms with Crippen molar-refractivity contribution in [2.24, 2.45) is 0 Å². The van der Waals surface area contributed by atoms with Crippen LogP contribution in [0.1, 0.15) is 6.92 Å². The van der Waals surface area contributed by atoms with Crippen LogP contribution in [-0.2, 0) is 0 Å². The van der Waals surface area contributed by atoms with Gasteiger partial charge >= 0.3 is 6.01 Å². The number of hydrogen-bond donors (Lipinski definition) is 2. The van der Waals surface area contributed by atoms with Crippen molar-refractivity contribution < 1.29 is 4.74 Å². The molecule has 3 N–H and O–H groups in total. The summed E-state index contributed by atoms with van der Waals surface area (Å²) in [6, 6.07) is 8.15. The summed E-state index contributed by atoms with van der Waals surface area (Å²) in [5, 5.41) is 3.06. The molecule has 0 saturated heterocycles. The van der Waals surface area contributed by atoms with Gasteiger partial charge in [0.1, 0.15) is 0 Å². The second kappa shape index (κ2) is 6.24. The van der Waals surface area contributed by atoms with Gasteiger partial charge in [0.15, 0.2) is 0 Å². The molecule has 1 aromatic carbocycles. The van der Waals surface area contributed by atoms with Crippen LogP contribution in [0.15, 0.2) is 29.2 Å². The van der Waals surface area contributed by atoms with Crippen LogP contribution < -0.4 is 15.8 Å². The van der Waals surface area contributed by atoms with E-state index in [1.165, 1.54) is 4.90 Å². The normalized spacial score (nSPS) is 10.2. The number of nitrogens with one attached hydrogen (secondary N) is 1. The summed E-state index contributed by atoms with van der Waals surface area (Å²) in [6.45, 7) is 2.33. The number of aromatic nitrogens is 3. The van der Waals surface area contributed by atoms with Gasteiger partial charge in [-0.3, -0.25) is 0 Å². The Morgan fingerprint density at radius 3 is 2.58 bits per heavy atom. The molecule has 0 aliphatic rings. The maximum absolute atomic E-state index is 5.60. The lowest BCUT2D eigenvalue weighted by Crippen LogP contribution is -2.06. The van der Waals surface area contributed by atoms with Crippen molar-refractivity contribution in [1.29, 1.82) is 0 Å². The van der Waals surface area contributed by atoms with Gasteiger partial charge in [0.05, 0.1) is 6.61 Å². The molecular formula is C12H15N5OS. The van der Waals surface area contributed by atoms with Gasteiger partial charge in [0.25, 0.3) is 0 Å². The molecule has 0 aliphatic carbocycles. The van der Waals surface area contributed by atoms with Crippen LogP contribution in [0.25, 0.3) is 0 Å². The first-order chi connectivity index (χ1) is 9.21. The highest BCUT2D eigenvalue weighted by Crippen LogP contribution is 2.20. The van der Waals surface area contributed by atoms with Crippen LogP contribution in [0.3, 0.4) is 0 Å². The summed E-state index contributed by atoms with van der Waals surface area (Å²) in [6.07, 6.45) is 2.03. The first-order valence-corrected chi connectivity index (χ1v) is 6.99. The molecule has 1 heterocycles. The molecule has 0 atom stereocenters. The number of anilines is 3. The van der Waals surface area contributed by atoms with E-state index in [1.807, 2.05) is 37.4 Å². The molecule has 0 spiro atoms. The zero-order valence-corrected chi connectivity index (χ0v) is 11.6. The van der Waals surface area contributed by atoms with Gasteiger partial charge in [-0.1, -0.05) is 0 Å². The third-order valence-electron chi connectivity index (χ3n) is 2.25. The molecule has 6 nitrogen and oxygen atoms in total. The average molecular weight is 277 g/mol. The molecule has 0 saturated carbocycles. The third-order valence-corrected chi connectivity index (χ3v) is 3.00. The molecule has 0 bridgehead atoms. The number of ether oxygens (including phenoxy) is 1. The topological polar surface area (TPSA) is 86.0 Å². The Balaban J connectivity index is 2.17. The second-order valence-corrected chi connectivity index (χ2v) is 4.47. The molecule has 1 aromatic heterocycles. The summed E-state index contributed by atoms with van der Waals surface area (Å²) in [4.78, 5) is 13.2. The number of rotatable bonds is 5. The third kappa shape index (κ3) is 3.72. The number of benzene rings is 1. The van der Waals surface area contributed by atoms with Crippen molar-refractivity contribution in [3.05, 3.63) is 24.3 Å². The van der Waals surface area contributed by atoms with Crippen molar-refractivity contribution in [2.45, 2.75) is 11.8 Å². The Hall–Kier alpha value is -2.02. The Kier molecular flexibility index (Phi) is 4.40. The SMILES string of the molecule is CCOc1nc(N)nc(Nc2ccc(SC)cc2)n1. The summed E-state index contributed by atoms with van der Waals surface area (Å²) in [5.41, 5.74) is 6.48. The summed E-state index contributed by atoms with van der Waals surface area (Å²) >= 11 is 1.69. The molecule has 0 amide bonds. The van der Waals surface area contributed by atoms with Crippen LogP contribution in [0.4, 0.5) is 17.6 Å². The van der Waals surface area contributed by atoms with E-state index in [4.69, 9.17) is 10.5 Å². The molecule has 0 fully saturated rings. The van der Waals surface area contributed by atoms with Gasteiger partial charge in [0, 0.05) is 10.6 Å². The lowest BCUT2D eigenvalue weighted by molar-refractivity contribution is 0.312. The van der Waals surface area contributed by atoms with E-state index >= 15 is 0 Å². The fourth-order valence-electron chi connectivity index (χ4n) is 1.43. The standard InChI is InChI=1S/C12H15N5OS/c1-3-18-12-16-10(13)15-11(17-12)14-8-4-6-9(19-2)7-5-8/h4-7H,3H2,1-2H3,(H3,13,14,15,16,17). The van der Waals surface area contributed by atoms with Crippen molar-refractivity contribution in [3.63, 3.8) is 0 Å². The first-order valence-electron chi connectivity index (χ1n) is 5.76. The van der Waals surface area contributed by atoms with E-state index in [9.17, 15) is 0 Å². The maximum atomic E-state index is 5.60. The van der Waals surface area contributed by atoms with Crippen LogP contribution in [0, 0.1) is 0 Å². The molecule has 19 heavy (non-hydrogen) atoms. The molecule has 100 valence electrons. The Morgan fingerprint density at radius 1 is 1.21 bits per heavy atom. The lowest BCUT2D eigenvalue weighted by atomic mass is 10.3. The largest absolute Gasteiger partial charge is 0.464 e. The highest BCUT2D eigenvalue weighted by atomic mass is 32.2. The molecular weight excluding hydrogens is 262 g/mol. The Labute approximate surface area is 115 Å². The van der Waals surface area contributed by atoms with Gasteiger partial charge in [-0.2, -0.15) is 15.0 Å². The van der Waals surface area contributed by atoms with E-state index in [0.717, 1.165) is 5.69 Å². The van der Waals surface area contributed by atoms with Crippen LogP contribution in [0.5, 0.6) is 6.01 Å². The number of hydrogen-bond acceptors (Lipinski definition) is 7. The summed E-state index contributed by atoms with van der Waals surface area (Å²) in [5.74, 6) is 0.495. The van der Waals surface area contributed by atoms with Gasteiger partial charge in [0.2, 0.25) is 11.9 Å². The highest BCUT2D eigenvalue weighted by Gasteiger charge is 2.05. The minimum absolute atomic E-state index is 0.127. The molecule has 0 unspecified atom stereocenters. The average Bonchev–Trinajstić information content (AvgIpc) is 2.39. The minimum Gasteiger partial charge on any atom is -0.464 e. The minimum atomic E-state index is 0.127. The number of nitrogens with zero attached hydrogens (tertiary/aromatic N) is 3. The number of nitrogens with two attached hydrogens (primary N) is 1. The van der Waals surface area contributed by atoms with Gasteiger partial charge in [-0.15, -0.1) is 11.8 Å². The van der Waals surface area contributed by atoms with Crippen LogP contribution in [0.2, 0.25) is 0 Å². The lowest BCUT2D eigenvalue weighted by Gasteiger charge is -2.07. The predicted molar refractivity (Wildman–Crippen MR) is 76.9 cm³/mol. The zero-order chi connectivity index (χ0) is 13.7. The quantitative estimate of drug-likeness (QED) is 0.811. The van der Waals surface area contributed by atoms with E-state index in [1.54, 1.807) is 11.8 Å². The summed E-state index contributed by atoms with van der Waals surface area (Å²) in [7, 11) is 0. The summed E-state index contributed by atoms with van der Waals surface area (Å²) < 4.78 is 5.22. The monoisotopic (exact) mass is 277 g/mol. The van der Waals surface area contributed by atoms with E-state index in [-0.39, 0.29) is 12.0 Å². The predicted octanol–water partition coefficient (Wildman–Crippen LogP) is 2.32. The zero-order valence-electron chi connectivity index (χ0n) is 10.8. The molecule has 0 aliphatic heterocycles. The van der Waals surface area contributed by atoms with E-state index in [0.29, 0.717) is 12.6 Å². The van der Waals surface area contributed by atoms with Crippen LogP contribution in [-0.4, -0.2) is 27.8 Å². The number of nitrogen functional groups attached to an aromatic ring is 1. The molecule has 7 heteroatoms. The van der Waals surface area contributed by atoms with Gasteiger partial charge < -0.3 is 15.8 Å². The molecule has 0 radical (unpaired) electrons. The fourth-order valence-corrected chi connectivity index (χ4v) is 1.83. The van der Waals surface area contributed by atoms with Gasteiger partial charge in [-0.25, -0.2) is 0 Å². The highest BCUT2D eigenvalue weighted by molar-refractivity contribution is 7.98. The Bertz CT molecular complexity index is 546. The maximum Gasteiger partial charge on any atom is 0.323 e. The van der Waals surface area contributed by atoms with Crippen molar-refractivity contribution >= 4 is 29.3 Å². The first kappa shape index (κ1) is 13.4. The molecule has 2 aromatic rings. The van der Waals surface area contributed by atoms with E-state index in [2.05, 4.69) is 20.3 Å². The van der Waals surface area contributed by atoms with Gasteiger partial charge in [-0.05, 0) is 37.4 Å².